The van der Waals surface area contributed by atoms with Gasteiger partial charge in [-0.05, 0) is 30.3 Å². The number of nitriles is 1. The van der Waals surface area contributed by atoms with E-state index in [2.05, 4.69) is 42.2 Å². The molecule has 0 bridgehead atoms. The number of methoxy groups -OCH3 is 1. The van der Waals surface area contributed by atoms with Crippen molar-refractivity contribution < 1.29 is 4.74 Å². The van der Waals surface area contributed by atoms with Crippen LogP contribution < -0.4 is 4.74 Å². The summed E-state index contributed by atoms with van der Waals surface area (Å²) in [4.78, 5) is 2.33. The second-order valence-electron chi connectivity index (χ2n) is 4.93. The summed E-state index contributed by atoms with van der Waals surface area (Å²) in [6.07, 6.45) is 0. The lowest BCUT2D eigenvalue weighted by Gasteiger charge is -2.22. The molecule has 0 fully saturated rings. The van der Waals surface area contributed by atoms with Gasteiger partial charge < -0.3 is 4.74 Å². The Morgan fingerprint density at radius 2 is 1.86 bits per heavy atom. The third-order valence-corrected chi connectivity index (χ3v) is 3.50. The first kappa shape index (κ1) is 15.1. The molecule has 0 aromatic heterocycles. The van der Waals surface area contributed by atoms with Crippen molar-refractivity contribution in [2.45, 2.75) is 20.0 Å². The Labute approximate surface area is 126 Å². The van der Waals surface area contributed by atoms with Gasteiger partial charge >= 0.3 is 0 Å². The molecule has 0 aliphatic heterocycles. The molecule has 0 aliphatic rings. The van der Waals surface area contributed by atoms with E-state index in [0.717, 1.165) is 30.9 Å². The number of nitrogens with zero attached hydrogens (tertiary/aromatic N) is 2. The van der Waals surface area contributed by atoms with Gasteiger partial charge in [-0.1, -0.05) is 37.3 Å². The van der Waals surface area contributed by atoms with Gasteiger partial charge in [-0.15, -0.1) is 0 Å². The molecule has 3 heteroatoms. The highest BCUT2D eigenvalue weighted by molar-refractivity contribution is 5.42. The van der Waals surface area contributed by atoms with Crippen LogP contribution in [0.2, 0.25) is 0 Å². The van der Waals surface area contributed by atoms with E-state index in [1.807, 2.05) is 18.2 Å². The highest BCUT2D eigenvalue weighted by Crippen LogP contribution is 2.22. The minimum atomic E-state index is 0.668. The SMILES string of the molecule is CCN(Cc1ccccc1)Cc1cc(C#N)ccc1OC. The van der Waals surface area contributed by atoms with E-state index >= 15 is 0 Å². The molecule has 21 heavy (non-hydrogen) atoms. The third-order valence-electron chi connectivity index (χ3n) is 3.50. The molecular formula is C18H20N2O. The maximum Gasteiger partial charge on any atom is 0.123 e. The number of benzene rings is 2. The Morgan fingerprint density at radius 1 is 1.10 bits per heavy atom. The van der Waals surface area contributed by atoms with Gasteiger partial charge in [0.15, 0.2) is 0 Å². The fourth-order valence-electron chi connectivity index (χ4n) is 2.33. The van der Waals surface area contributed by atoms with Crippen LogP contribution in [0.4, 0.5) is 0 Å². The highest BCUT2D eigenvalue weighted by atomic mass is 16.5. The van der Waals surface area contributed by atoms with Crippen molar-refractivity contribution in [3.8, 4) is 11.8 Å². The van der Waals surface area contributed by atoms with Gasteiger partial charge in [0.25, 0.3) is 0 Å². The first-order valence-corrected chi connectivity index (χ1v) is 7.10. The van der Waals surface area contributed by atoms with Crippen LogP contribution in [0.5, 0.6) is 5.75 Å². The molecule has 0 amide bonds. The van der Waals surface area contributed by atoms with Crippen molar-refractivity contribution in [3.05, 3.63) is 65.2 Å². The van der Waals surface area contributed by atoms with Crippen molar-refractivity contribution in [1.82, 2.24) is 4.90 Å². The number of ether oxygens (including phenoxy) is 1. The maximum absolute atomic E-state index is 9.05. The van der Waals surface area contributed by atoms with Gasteiger partial charge in [0, 0.05) is 18.7 Å². The zero-order valence-electron chi connectivity index (χ0n) is 12.5. The summed E-state index contributed by atoms with van der Waals surface area (Å²) in [5.41, 5.74) is 3.01. The van der Waals surface area contributed by atoms with E-state index in [0.29, 0.717) is 5.56 Å². The standard InChI is InChI=1S/C18H20N2O/c1-3-20(13-15-7-5-4-6-8-15)14-17-11-16(12-19)9-10-18(17)21-2/h4-11H,3,13-14H2,1-2H3. The van der Waals surface area contributed by atoms with Gasteiger partial charge in [0.2, 0.25) is 0 Å². The zero-order valence-corrected chi connectivity index (χ0v) is 12.5. The van der Waals surface area contributed by atoms with Crippen molar-refractivity contribution in [1.29, 1.82) is 5.26 Å². The van der Waals surface area contributed by atoms with E-state index in [1.54, 1.807) is 13.2 Å². The molecule has 0 saturated heterocycles. The van der Waals surface area contributed by atoms with Gasteiger partial charge in [0.1, 0.15) is 5.75 Å². The highest BCUT2D eigenvalue weighted by Gasteiger charge is 2.10. The van der Waals surface area contributed by atoms with E-state index in [4.69, 9.17) is 10.00 Å². The van der Waals surface area contributed by atoms with Gasteiger partial charge in [-0.25, -0.2) is 0 Å². The topological polar surface area (TPSA) is 36.3 Å². The van der Waals surface area contributed by atoms with E-state index in [1.165, 1.54) is 5.56 Å². The lowest BCUT2D eigenvalue weighted by molar-refractivity contribution is 0.266. The molecule has 0 spiro atoms. The smallest absolute Gasteiger partial charge is 0.123 e. The van der Waals surface area contributed by atoms with Gasteiger partial charge in [-0.2, -0.15) is 5.26 Å². The summed E-state index contributed by atoms with van der Waals surface area (Å²) in [5, 5.41) is 9.05. The summed E-state index contributed by atoms with van der Waals surface area (Å²) < 4.78 is 5.40. The third kappa shape index (κ3) is 4.08. The molecule has 0 radical (unpaired) electrons. The molecule has 108 valence electrons. The zero-order chi connectivity index (χ0) is 15.1. The summed E-state index contributed by atoms with van der Waals surface area (Å²) >= 11 is 0. The van der Waals surface area contributed by atoms with Crippen LogP contribution in [-0.2, 0) is 13.1 Å². The first-order valence-electron chi connectivity index (χ1n) is 7.10. The van der Waals surface area contributed by atoms with E-state index in [9.17, 15) is 0 Å². The molecule has 2 aromatic rings. The molecule has 2 aromatic carbocycles. The van der Waals surface area contributed by atoms with Crippen LogP contribution in [0, 0.1) is 11.3 Å². The van der Waals surface area contributed by atoms with Crippen LogP contribution in [0.25, 0.3) is 0 Å². The molecule has 0 saturated carbocycles. The molecular weight excluding hydrogens is 260 g/mol. The van der Waals surface area contributed by atoms with Gasteiger partial charge in [0.05, 0.1) is 18.7 Å². The van der Waals surface area contributed by atoms with E-state index < -0.39 is 0 Å². The number of rotatable bonds is 6. The summed E-state index contributed by atoms with van der Waals surface area (Å²) in [6.45, 7) is 4.74. The quantitative estimate of drug-likeness (QED) is 0.811. The van der Waals surface area contributed by atoms with Crippen LogP contribution in [-0.4, -0.2) is 18.6 Å². The van der Waals surface area contributed by atoms with E-state index in [-0.39, 0.29) is 0 Å². The Morgan fingerprint density at radius 3 is 2.48 bits per heavy atom. The average Bonchev–Trinajstić information content (AvgIpc) is 2.55. The molecule has 2 rings (SSSR count). The minimum absolute atomic E-state index is 0.668. The van der Waals surface area contributed by atoms with Crippen molar-refractivity contribution in [3.63, 3.8) is 0 Å². The molecule has 0 unspecified atom stereocenters. The lowest BCUT2D eigenvalue weighted by atomic mass is 10.1. The monoisotopic (exact) mass is 280 g/mol. The Kier molecular flexibility index (Phi) is 5.36. The van der Waals surface area contributed by atoms with Crippen LogP contribution in [0.15, 0.2) is 48.5 Å². The second-order valence-corrected chi connectivity index (χ2v) is 4.93. The first-order chi connectivity index (χ1) is 10.3. The maximum atomic E-state index is 9.05. The number of hydrogen-bond acceptors (Lipinski definition) is 3. The largest absolute Gasteiger partial charge is 0.496 e. The fourth-order valence-corrected chi connectivity index (χ4v) is 2.33. The Bertz CT molecular complexity index is 617. The molecule has 0 atom stereocenters. The van der Waals surface area contributed by atoms with Crippen LogP contribution in [0.3, 0.4) is 0 Å². The van der Waals surface area contributed by atoms with Crippen molar-refractivity contribution in [2.75, 3.05) is 13.7 Å². The molecule has 0 N–H and O–H groups in total. The lowest BCUT2D eigenvalue weighted by Crippen LogP contribution is -2.22. The Hall–Kier alpha value is -2.31. The minimum Gasteiger partial charge on any atom is -0.496 e. The second kappa shape index (κ2) is 7.47. The fraction of sp³-hybridized carbons (Fsp3) is 0.278. The summed E-state index contributed by atoms with van der Waals surface area (Å²) in [5.74, 6) is 0.834. The molecule has 0 aliphatic carbocycles. The average molecular weight is 280 g/mol. The van der Waals surface area contributed by atoms with Crippen molar-refractivity contribution in [2.24, 2.45) is 0 Å². The summed E-state index contributed by atoms with van der Waals surface area (Å²) in [6, 6.07) is 18.1. The van der Waals surface area contributed by atoms with Crippen molar-refractivity contribution >= 4 is 0 Å². The predicted molar refractivity (Wildman–Crippen MR) is 83.9 cm³/mol. The predicted octanol–water partition coefficient (Wildman–Crippen LogP) is 3.59. The van der Waals surface area contributed by atoms with Crippen LogP contribution in [0.1, 0.15) is 23.6 Å². The molecule has 0 heterocycles. The van der Waals surface area contributed by atoms with Crippen LogP contribution >= 0.6 is 0 Å². The molecule has 3 nitrogen and oxygen atoms in total. The number of hydrogen-bond donors (Lipinski definition) is 0. The van der Waals surface area contributed by atoms with Gasteiger partial charge in [-0.3, -0.25) is 4.90 Å². The summed E-state index contributed by atoms with van der Waals surface area (Å²) in [7, 11) is 1.67. The normalized spacial score (nSPS) is 10.4. The Balaban J connectivity index is 2.16.